The molecule has 46 heavy (non-hydrogen) atoms. The fourth-order valence-corrected chi connectivity index (χ4v) is 6.76. The Labute approximate surface area is 267 Å². The maximum absolute atomic E-state index is 6.65. The van der Waals surface area contributed by atoms with Crippen LogP contribution in [0.1, 0.15) is 0 Å². The number of benzene rings is 8. The van der Waals surface area contributed by atoms with Crippen molar-refractivity contribution in [3.05, 3.63) is 176 Å². The van der Waals surface area contributed by atoms with E-state index in [-0.39, 0.29) is 0 Å². The first-order valence-electron chi connectivity index (χ1n) is 15.7. The van der Waals surface area contributed by atoms with E-state index in [1.165, 1.54) is 27.3 Å². The van der Waals surface area contributed by atoms with Gasteiger partial charge in [0, 0.05) is 38.8 Å². The van der Waals surface area contributed by atoms with Gasteiger partial charge in [-0.05, 0) is 75.3 Å². The summed E-state index contributed by atoms with van der Waals surface area (Å²) in [6.45, 7) is 0. The van der Waals surface area contributed by atoms with Gasteiger partial charge in [-0.25, -0.2) is 0 Å². The smallest absolute Gasteiger partial charge is 0.143 e. The van der Waals surface area contributed by atoms with E-state index in [0.717, 1.165) is 55.5 Å². The van der Waals surface area contributed by atoms with E-state index in [1.54, 1.807) is 0 Å². The predicted octanol–water partition coefficient (Wildman–Crippen LogP) is 12.7. The number of rotatable bonds is 5. The molecule has 0 atom stereocenters. The highest BCUT2D eigenvalue weighted by Gasteiger charge is 2.17. The third-order valence-corrected chi connectivity index (χ3v) is 9.03. The Hall–Kier alpha value is -6.12. The van der Waals surface area contributed by atoms with Crippen LogP contribution < -0.4 is 4.90 Å². The second kappa shape index (κ2) is 10.8. The Kier molecular flexibility index (Phi) is 6.17. The highest BCUT2D eigenvalue weighted by Crippen LogP contribution is 2.41. The van der Waals surface area contributed by atoms with Gasteiger partial charge in [-0.3, -0.25) is 0 Å². The van der Waals surface area contributed by atoms with Crippen molar-refractivity contribution in [2.24, 2.45) is 0 Å². The van der Waals surface area contributed by atoms with E-state index in [0.29, 0.717) is 0 Å². The van der Waals surface area contributed by atoms with E-state index in [2.05, 4.69) is 181 Å². The number of hydrogen-bond donors (Lipinski definition) is 0. The summed E-state index contributed by atoms with van der Waals surface area (Å²) < 4.78 is 6.65. The standard InChI is InChI=1S/C44H29NO/c1-2-10-30(11-3-1)35-15-8-16-37(28-35)45(38-26-20-31-12-4-5-14-34(31)29-38)36-24-21-33(22-25-36)40-18-9-19-41-42-27-23-32-13-6-7-17-39(32)44(42)46-43(40)41/h1-29H. The minimum Gasteiger partial charge on any atom is -0.455 e. The first kappa shape index (κ1) is 26.3. The molecule has 1 heterocycles. The largest absolute Gasteiger partial charge is 0.455 e. The topological polar surface area (TPSA) is 16.4 Å². The molecule has 0 saturated carbocycles. The summed E-state index contributed by atoms with van der Waals surface area (Å²) in [5.41, 5.74) is 9.77. The van der Waals surface area contributed by atoms with Crippen molar-refractivity contribution in [3.8, 4) is 22.3 Å². The second-order valence-electron chi connectivity index (χ2n) is 11.8. The number of anilines is 3. The van der Waals surface area contributed by atoms with Crippen LogP contribution >= 0.6 is 0 Å². The van der Waals surface area contributed by atoms with Gasteiger partial charge in [-0.2, -0.15) is 0 Å². The minimum atomic E-state index is 0.920. The van der Waals surface area contributed by atoms with Crippen LogP contribution in [0.4, 0.5) is 17.1 Å². The molecule has 9 aromatic rings. The van der Waals surface area contributed by atoms with Gasteiger partial charge in [0.25, 0.3) is 0 Å². The van der Waals surface area contributed by atoms with E-state index in [9.17, 15) is 0 Å². The van der Waals surface area contributed by atoms with Crippen molar-refractivity contribution in [1.29, 1.82) is 0 Å². The molecule has 0 fully saturated rings. The highest BCUT2D eigenvalue weighted by atomic mass is 16.3. The molecule has 0 bridgehead atoms. The molecule has 8 aromatic carbocycles. The summed E-state index contributed by atoms with van der Waals surface area (Å²) in [4.78, 5) is 2.34. The molecule has 0 amide bonds. The van der Waals surface area contributed by atoms with Gasteiger partial charge in [0.2, 0.25) is 0 Å². The molecule has 0 unspecified atom stereocenters. The van der Waals surface area contributed by atoms with Gasteiger partial charge < -0.3 is 9.32 Å². The number of para-hydroxylation sites is 1. The summed E-state index contributed by atoms with van der Waals surface area (Å²) in [6, 6.07) is 62.7. The highest BCUT2D eigenvalue weighted by molar-refractivity contribution is 6.17. The fourth-order valence-electron chi connectivity index (χ4n) is 6.76. The van der Waals surface area contributed by atoms with Crippen LogP contribution in [-0.4, -0.2) is 0 Å². The molecule has 9 rings (SSSR count). The molecule has 0 spiro atoms. The lowest BCUT2D eigenvalue weighted by molar-refractivity contribution is 0.674. The molecule has 0 aliphatic rings. The molecule has 2 nitrogen and oxygen atoms in total. The Morgan fingerprint density at radius 2 is 0.957 bits per heavy atom. The fraction of sp³-hybridized carbons (Fsp3) is 0. The van der Waals surface area contributed by atoms with Crippen LogP contribution in [-0.2, 0) is 0 Å². The summed E-state index contributed by atoms with van der Waals surface area (Å²) in [7, 11) is 0. The van der Waals surface area contributed by atoms with Crippen molar-refractivity contribution in [3.63, 3.8) is 0 Å². The van der Waals surface area contributed by atoms with Crippen molar-refractivity contribution in [2.45, 2.75) is 0 Å². The van der Waals surface area contributed by atoms with E-state index in [1.807, 2.05) is 0 Å². The van der Waals surface area contributed by atoms with Gasteiger partial charge in [-0.15, -0.1) is 0 Å². The van der Waals surface area contributed by atoms with Crippen LogP contribution in [0, 0.1) is 0 Å². The summed E-state index contributed by atoms with van der Waals surface area (Å²) in [5, 5.41) is 7.05. The molecular formula is C44H29NO. The van der Waals surface area contributed by atoms with E-state index >= 15 is 0 Å². The minimum absolute atomic E-state index is 0.920. The lowest BCUT2D eigenvalue weighted by Gasteiger charge is -2.26. The van der Waals surface area contributed by atoms with Gasteiger partial charge >= 0.3 is 0 Å². The third kappa shape index (κ3) is 4.43. The summed E-state index contributed by atoms with van der Waals surface area (Å²) in [5.74, 6) is 0. The SMILES string of the molecule is c1ccc(-c2cccc(N(c3ccc(-c4cccc5c4oc4c6ccccc6ccc54)cc3)c3ccc4ccccc4c3)c2)cc1. The zero-order valence-corrected chi connectivity index (χ0v) is 25.1. The lowest BCUT2D eigenvalue weighted by atomic mass is 10.0. The zero-order valence-electron chi connectivity index (χ0n) is 25.1. The number of fused-ring (bicyclic) bond motifs is 6. The first-order valence-corrected chi connectivity index (χ1v) is 15.7. The monoisotopic (exact) mass is 587 g/mol. The quantitative estimate of drug-likeness (QED) is 0.199. The van der Waals surface area contributed by atoms with Gasteiger partial charge in [0.05, 0.1) is 0 Å². The average Bonchev–Trinajstić information content (AvgIpc) is 3.52. The number of furan rings is 1. The molecule has 0 aliphatic carbocycles. The molecular weight excluding hydrogens is 558 g/mol. The lowest BCUT2D eigenvalue weighted by Crippen LogP contribution is -2.10. The van der Waals surface area contributed by atoms with Crippen LogP contribution in [0.25, 0.3) is 65.7 Å². The first-order chi connectivity index (χ1) is 22.8. The molecule has 2 heteroatoms. The Morgan fingerprint density at radius 3 is 1.83 bits per heavy atom. The van der Waals surface area contributed by atoms with Crippen LogP contribution in [0.5, 0.6) is 0 Å². The summed E-state index contributed by atoms with van der Waals surface area (Å²) >= 11 is 0. The molecule has 0 saturated heterocycles. The zero-order chi connectivity index (χ0) is 30.5. The van der Waals surface area contributed by atoms with Crippen molar-refractivity contribution >= 4 is 60.5 Å². The van der Waals surface area contributed by atoms with E-state index in [4.69, 9.17) is 4.42 Å². The second-order valence-corrected chi connectivity index (χ2v) is 11.8. The summed E-state index contributed by atoms with van der Waals surface area (Å²) in [6.07, 6.45) is 0. The Bertz CT molecular complexity index is 2530. The van der Waals surface area contributed by atoms with Crippen molar-refractivity contribution < 1.29 is 4.42 Å². The van der Waals surface area contributed by atoms with Crippen molar-refractivity contribution in [1.82, 2.24) is 0 Å². The predicted molar refractivity (Wildman–Crippen MR) is 194 cm³/mol. The van der Waals surface area contributed by atoms with Crippen LogP contribution in [0.2, 0.25) is 0 Å². The van der Waals surface area contributed by atoms with Crippen molar-refractivity contribution in [2.75, 3.05) is 4.90 Å². The van der Waals surface area contributed by atoms with Gasteiger partial charge in [0.1, 0.15) is 11.2 Å². The van der Waals surface area contributed by atoms with Gasteiger partial charge in [-0.1, -0.05) is 133 Å². The number of nitrogens with zero attached hydrogens (tertiary/aromatic N) is 1. The van der Waals surface area contributed by atoms with Gasteiger partial charge in [0.15, 0.2) is 0 Å². The van der Waals surface area contributed by atoms with E-state index < -0.39 is 0 Å². The third-order valence-electron chi connectivity index (χ3n) is 9.03. The molecule has 1 aromatic heterocycles. The molecule has 0 N–H and O–H groups in total. The Balaban J connectivity index is 1.18. The normalized spacial score (nSPS) is 11.5. The Morgan fingerprint density at radius 1 is 0.326 bits per heavy atom. The molecule has 0 radical (unpaired) electrons. The molecule has 216 valence electrons. The number of hydrogen-bond acceptors (Lipinski definition) is 2. The van der Waals surface area contributed by atoms with Crippen LogP contribution in [0.15, 0.2) is 180 Å². The average molecular weight is 588 g/mol. The maximum atomic E-state index is 6.65. The molecule has 0 aliphatic heterocycles. The van der Waals surface area contributed by atoms with Crippen LogP contribution in [0.3, 0.4) is 0 Å². The maximum Gasteiger partial charge on any atom is 0.143 e.